The standard InChI is InChI=1S/C20H28N2O5/c1-20(2,3)27-19(25)21-16-10-8-9-15(13-16)18(24)26-14-17(23)22-11-6-4-5-7-12-22/h8-10,13H,4-7,11-12,14H2,1-3H3,(H,21,25). The molecule has 148 valence electrons. The van der Waals surface area contributed by atoms with Gasteiger partial charge in [-0.05, 0) is 51.8 Å². The highest BCUT2D eigenvalue weighted by Crippen LogP contribution is 2.15. The Bertz CT molecular complexity index is 673. The average molecular weight is 376 g/mol. The number of likely N-dealkylation sites (tertiary alicyclic amines) is 1. The fraction of sp³-hybridized carbons (Fsp3) is 0.550. The van der Waals surface area contributed by atoms with Crippen molar-refractivity contribution in [1.29, 1.82) is 0 Å². The Labute approximate surface area is 160 Å². The predicted octanol–water partition coefficient (Wildman–Crippen LogP) is 3.59. The van der Waals surface area contributed by atoms with Crippen LogP contribution in [0.25, 0.3) is 0 Å². The number of anilines is 1. The molecule has 1 heterocycles. The summed E-state index contributed by atoms with van der Waals surface area (Å²) < 4.78 is 10.3. The Morgan fingerprint density at radius 3 is 2.37 bits per heavy atom. The van der Waals surface area contributed by atoms with Gasteiger partial charge < -0.3 is 14.4 Å². The molecule has 0 aliphatic carbocycles. The van der Waals surface area contributed by atoms with Crippen LogP contribution in [-0.2, 0) is 14.3 Å². The molecule has 1 aliphatic rings. The van der Waals surface area contributed by atoms with Crippen LogP contribution in [0.2, 0.25) is 0 Å². The van der Waals surface area contributed by atoms with Gasteiger partial charge in [-0.3, -0.25) is 10.1 Å². The highest BCUT2D eigenvalue weighted by Gasteiger charge is 2.19. The van der Waals surface area contributed by atoms with E-state index >= 15 is 0 Å². The first-order valence-electron chi connectivity index (χ1n) is 9.29. The molecule has 1 aliphatic heterocycles. The molecule has 0 aromatic heterocycles. The number of esters is 1. The SMILES string of the molecule is CC(C)(C)OC(=O)Nc1cccc(C(=O)OCC(=O)N2CCCCCC2)c1. The van der Waals surface area contributed by atoms with Crippen molar-refractivity contribution in [3.05, 3.63) is 29.8 Å². The van der Waals surface area contributed by atoms with E-state index in [0.29, 0.717) is 18.8 Å². The largest absolute Gasteiger partial charge is 0.452 e. The van der Waals surface area contributed by atoms with Gasteiger partial charge >= 0.3 is 12.1 Å². The number of nitrogens with one attached hydrogen (secondary N) is 1. The third kappa shape index (κ3) is 7.29. The molecule has 27 heavy (non-hydrogen) atoms. The quantitative estimate of drug-likeness (QED) is 0.812. The van der Waals surface area contributed by atoms with Crippen molar-refractivity contribution in [2.24, 2.45) is 0 Å². The second kappa shape index (κ2) is 9.39. The first-order chi connectivity index (χ1) is 12.7. The Hall–Kier alpha value is -2.57. The van der Waals surface area contributed by atoms with Gasteiger partial charge in [-0.1, -0.05) is 18.9 Å². The lowest BCUT2D eigenvalue weighted by atomic mass is 10.2. The molecule has 1 fully saturated rings. The molecular formula is C20H28N2O5. The summed E-state index contributed by atoms with van der Waals surface area (Å²) in [4.78, 5) is 38.0. The number of carbonyl (C=O) groups is 3. The van der Waals surface area contributed by atoms with E-state index < -0.39 is 17.7 Å². The zero-order valence-corrected chi connectivity index (χ0v) is 16.2. The van der Waals surface area contributed by atoms with Crippen LogP contribution in [0.3, 0.4) is 0 Å². The highest BCUT2D eigenvalue weighted by molar-refractivity contribution is 5.93. The van der Waals surface area contributed by atoms with Gasteiger partial charge in [0.05, 0.1) is 5.56 Å². The van der Waals surface area contributed by atoms with Crippen LogP contribution >= 0.6 is 0 Å². The summed E-state index contributed by atoms with van der Waals surface area (Å²) in [5.74, 6) is -0.778. The molecule has 0 bridgehead atoms. The average Bonchev–Trinajstić information content (AvgIpc) is 2.87. The van der Waals surface area contributed by atoms with Crippen LogP contribution in [-0.4, -0.2) is 48.2 Å². The molecule has 0 atom stereocenters. The van der Waals surface area contributed by atoms with Gasteiger partial charge in [0.2, 0.25) is 0 Å². The molecule has 7 heteroatoms. The van der Waals surface area contributed by atoms with Crippen molar-refractivity contribution in [3.8, 4) is 0 Å². The topological polar surface area (TPSA) is 84.9 Å². The smallest absolute Gasteiger partial charge is 0.412 e. The van der Waals surface area contributed by atoms with Crippen LogP contribution in [0, 0.1) is 0 Å². The Morgan fingerprint density at radius 1 is 1.07 bits per heavy atom. The van der Waals surface area contributed by atoms with Crippen LogP contribution in [0.1, 0.15) is 56.8 Å². The molecule has 1 aromatic rings. The van der Waals surface area contributed by atoms with Gasteiger partial charge in [0.1, 0.15) is 5.60 Å². The van der Waals surface area contributed by atoms with Gasteiger partial charge in [-0.25, -0.2) is 9.59 Å². The number of hydrogen-bond donors (Lipinski definition) is 1. The Balaban J connectivity index is 1.88. The maximum atomic E-state index is 12.2. The van der Waals surface area contributed by atoms with E-state index in [0.717, 1.165) is 25.7 Å². The van der Waals surface area contributed by atoms with E-state index in [9.17, 15) is 14.4 Å². The molecule has 2 rings (SSSR count). The van der Waals surface area contributed by atoms with Crippen molar-refractivity contribution in [1.82, 2.24) is 4.90 Å². The van der Waals surface area contributed by atoms with E-state index in [1.54, 1.807) is 43.9 Å². The number of carbonyl (C=O) groups excluding carboxylic acids is 3. The summed E-state index contributed by atoms with van der Waals surface area (Å²) >= 11 is 0. The number of hydrogen-bond acceptors (Lipinski definition) is 5. The van der Waals surface area contributed by atoms with Crippen LogP contribution < -0.4 is 5.32 Å². The highest BCUT2D eigenvalue weighted by atomic mass is 16.6. The van der Waals surface area contributed by atoms with E-state index in [-0.39, 0.29) is 18.1 Å². The third-order valence-electron chi connectivity index (χ3n) is 4.03. The molecule has 1 aromatic carbocycles. The monoisotopic (exact) mass is 376 g/mol. The summed E-state index contributed by atoms with van der Waals surface area (Å²) in [7, 11) is 0. The lowest BCUT2D eigenvalue weighted by Gasteiger charge is -2.20. The first-order valence-corrected chi connectivity index (χ1v) is 9.29. The summed E-state index contributed by atoms with van der Waals surface area (Å²) in [6.45, 7) is 6.45. The number of nitrogens with zero attached hydrogens (tertiary/aromatic N) is 1. The van der Waals surface area contributed by atoms with E-state index in [2.05, 4.69) is 5.32 Å². The molecule has 7 nitrogen and oxygen atoms in total. The fourth-order valence-corrected chi connectivity index (χ4v) is 2.77. The van der Waals surface area contributed by atoms with Crippen molar-refractivity contribution >= 4 is 23.7 Å². The molecule has 0 spiro atoms. The van der Waals surface area contributed by atoms with E-state index in [1.165, 1.54) is 6.07 Å². The number of amides is 2. The van der Waals surface area contributed by atoms with Gasteiger partial charge in [0.25, 0.3) is 5.91 Å². The van der Waals surface area contributed by atoms with Crippen LogP contribution in [0.5, 0.6) is 0 Å². The summed E-state index contributed by atoms with van der Waals surface area (Å²) in [6.07, 6.45) is 3.61. The van der Waals surface area contributed by atoms with Gasteiger partial charge in [-0.2, -0.15) is 0 Å². The predicted molar refractivity (Wildman–Crippen MR) is 102 cm³/mol. The van der Waals surface area contributed by atoms with Crippen molar-refractivity contribution < 1.29 is 23.9 Å². The van der Waals surface area contributed by atoms with Crippen LogP contribution in [0.15, 0.2) is 24.3 Å². The number of rotatable bonds is 4. The Kier molecular flexibility index (Phi) is 7.21. The minimum Gasteiger partial charge on any atom is -0.452 e. The van der Waals surface area contributed by atoms with Crippen molar-refractivity contribution in [2.45, 2.75) is 52.1 Å². The van der Waals surface area contributed by atoms with Crippen LogP contribution in [0.4, 0.5) is 10.5 Å². The minimum absolute atomic E-state index is 0.173. The number of ether oxygens (including phenoxy) is 2. The zero-order chi connectivity index (χ0) is 19.9. The van der Waals surface area contributed by atoms with Gasteiger partial charge in [-0.15, -0.1) is 0 Å². The molecule has 0 radical (unpaired) electrons. The summed E-state index contributed by atoms with van der Waals surface area (Å²) in [6, 6.07) is 6.32. The normalized spacial score (nSPS) is 14.9. The Morgan fingerprint density at radius 2 is 1.74 bits per heavy atom. The second-order valence-corrected chi connectivity index (χ2v) is 7.58. The molecular weight excluding hydrogens is 348 g/mol. The molecule has 0 saturated carbocycles. The maximum Gasteiger partial charge on any atom is 0.412 e. The molecule has 0 unspecified atom stereocenters. The van der Waals surface area contributed by atoms with Crippen molar-refractivity contribution in [2.75, 3.05) is 25.0 Å². The summed E-state index contributed by atoms with van der Waals surface area (Å²) in [5.41, 5.74) is 0.0543. The van der Waals surface area contributed by atoms with E-state index in [1.807, 2.05) is 0 Å². The first kappa shape index (κ1) is 20.7. The van der Waals surface area contributed by atoms with Gasteiger partial charge in [0, 0.05) is 18.8 Å². The minimum atomic E-state index is -0.617. The zero-order valence-electron chi connectivity index (χ0n) is 16.2. The van der Waals surface area contributed by atoms with Crippen molar-refractivity contribution in [3.63, 3.8) is 0 Å². The van der Waals surface area contributed by atoms with E-state index in [4.69, 9.17) is 9.47 Å². The molecule has 2 amide bonds. The fourth-order valence-electron chi connectivity index (χ4n) is 2.77. The number of benzene rings is 1. The maximum absolute atomic E-state index is 12.2. The lowest BCUT2D eigenvalue weighted by Crippen LogP contribution is -2.35. The van der Waals surface area contributed by atoms with Gasteiger partial charge in [0.15, 0.2) is 6.61 Å². The third-order valence-corrected chi connectivity index (χ3v) is 4.03. The second-order valence-electron chi connectivity index (χ2n) is 7.58. The molecule has 1 N–H and O–H groups in total. The molecule has 1 saturated heterocycles. The summed E-state index contributed by atoms with van der Waals surface area (Å²) in [5, 5.41) is 2.57. The lowest BCUT2D eigenvalue weighted by molar-refractivity contribution is -0.134.